The Labute approximate surface area is 179 Å². The number of furan rings is 1. The zero-order valence-electron chi connectivity index (χ0n) is 14.0. The molecule has 1 saturated heterocycles. The maximum atomic E-state index is 13.3. The van der Waals surface area contributed by atoms with E-state index in [0.717, 1.165) is 0 Å². The van der Waals surface area contributed by atoms with Crippen molar-refractivity contribution in [2.24, 2.45) is 0 Å². The maximum absolute atomic E-state index is 13.3. The lowest BCUT2D eigenvalue weighted by Crippen LogP contribution is -2.27. The number of amides is 1. The van der Waals surface area contributed by atoms with Gasteiger partial charge in [-0.05, 0) is 54.6 Å². The van der Waals surface area contributed by atoms with Crippen LogP contribution in [0.15, 0.2) is 63.9 Å². The monoisotopic (exact) mass is 449 g/mol. The number of thiocarbonyl (C=S) groups is 1. The zero-order chi connectivity index (χ0) is 19.8. The van der Waals surface area contributed by atoms with E-state index in [2.05, 4.69) is 0 Å². The van der Waals surface area contributed by atoms with Crippen molar-refractivity contribution in [2.75, 3.05) is 4.90 Å². The van der Waals surface area contributed by atoms with E-state index >= 15 is 0 Å². The second-order valence-corrected chi connectivity index (χ2v) is 8.34. The molecule has 1 aliphatic heterocycles. The van der Waals surface area contributed by atoms with Crippen molar-refractivity contribution in [3.05, 3.63) is 81.1 Å². The van der Waals surface area contributed by atoms with Gasteiger partial charge in [-0.15, -0.1) is 0 Å². The van der Waals surface area contributed by atoms with Gasteiger partial charge in [0.15, 0.2) is 4.32 Å². The summed E-state index contributed by atoms with van der Waals surface area (Å²) in [5, 5.41) is 0.591. The second kappa shape index (κ2) is 7.72. The molecule has 0 bridgehead atoms. The standard InChI is InChI=1S/C20H10Cl2FNO2S2/c21-12-2-4-13(5-3-12)24-19(25)18(28-20(24)27)10-14-6-8-17(26-14)11-1-7-16(23)15(22)9-11/h1-10H/b18-10+. The average molecular weight is 450 g/mol. The largest absolute Gasteiger partial charge is 0.457 e. The lowest BCUT2D eigenvalue weighted by molar-refractivity contribution is -0.113. The molecule has 4 rings (SSSR count). The Morgan fingerprint density at radius 1 is 1.07 bits per heavy atom. The first-order valence-corrected chi connectivity index (χ1v) is 9.99. The van der Waals surface area contributed by atoms with Gasteiger partial charge >= 0.3 is 0 Å². The van der Waals surface area contributed by atoms with Crippen LogP contribution in [0.5, 0.6) is 0 Å². The van der Waals surface area contributed by atoms with Crippen molar-refractivity contribution in [3.63, 3.8) is 0 Å². The van der Waals surface area contributed by atoms with E-state index in [1.807, 2.05) is 0 Å². The summed E-state index contributed by atoms with van der Waals surface area (Å²) in [7, 11) is 0. The van der Waals surface area contributed by atoms with Crippen molar-refractivity contribution in [1.29, 1.82) is 0 Å². The molecule has 0 saturated carbocycles. The highest BCUT2D eigenvalue weighted by Gasteiger charge is 2.33. The van der Waals surface area contributed by atoms with E-state index in [1.165, 1.54) is 28.8 Å². The molecular formula is C20H10Cl2FNO2S2. The van der Waals surface area contributed by atoms with Gasteiger partial charge in [-0.3, -0.25) is 9.69 Å². The number of rotatable bonds is 3. The molecule has 0 radical (unpaired) electrons. The summed E-state index contributed by atoms with van der Waals surface area (Å²) in [6.45, 7) is 0. The van der Waals surface area contributed by atoms with Gasteiger partial charge in [-0.1, -0.05) is 47.2 Å². The first-order chi connectivity index (χ1) is 13.4. The lowest BCUT2D eigenvalue weighted by Gasteiger charge is -2.14. The molecule has 0 spiro atoms. The van der Waals surface area contributed by atoms with E-state index in [-0.39, 0.29) is 10.9 Å². The zero-order valence-corrected chi connectivity index (χ0v) is 17.1. The third-order valence-electron chi connectivity index (χ3n) is 3.98. The molecule has 2 heterocycles. The number of hydrogen-bond donors (Lipinski definition) is 0. The minimum absolute atomic E-state index is 0.0132. The summed E-state index contributed by atoms with van der Waals surface area (Å²) in [5.41, 5.74) is 1.29. The molecule has 0 atom stereocenters. The molecule has 140 valence electrons. The fourth-order valence-electron chi connectivity index (χ4n) is 2.64. The number of anilines is 1. The Morgan fingerprint density at radius 3 is 2.54 bits per heavy atom. The maximum Gasteiger partial charge on any atom is 0.270 e. The fourth-order valence-corrected chi connectivity index (χ4v) is 4.23. The van der Waals surface area contributed by atoms with Crippen molar-refractivity contribution in [1.82, 2.24) is 0 Å². The summed E-state index contributed by atoms with van der Waals surface area (Å²) in [5.74, 6) is 0.261. The number of hydrogen-bond acceptors (Lipinski definition) is 4. The van der Waals surface area contributed by atoms with Crippen molar-refractivity contribution >= 4 is 69.2 Å². The summed E-state index contributed by atoms with van der Waals surface area (Å²) < 4.78 is 19.5. The molecule has 2 aromatic carbocycles. The number of carbonyl (C=O) groups excluding carboxylic acids is 1. The molecule has 1 fully saturated rings. The Balaban J connectivity index is 1.60. The minimum Gasteiger partial charge on any atom is -0.457 e. The van der Waals surface area contributed by atoms with E-state index in [1.54, 1.807) is 48.5 Å². The van der Waals surface area contributed by atoms with E-state index < -0.39 is 5.82 Å². The molecule has 3 aromatic rings. The van der Waals surface area contributed by atoms with Crippen LogP contribution in [0.3, 0.4) is 0 Å². The van der Waals surface area contributed by atoms with Crippen LogP contribution in [-0.4, -0.2) is 10.2 Å². The normalized spacial score (nSPS) is 15.7. The Kier molecular flexibility index (Phi) is 5.29. The van der Waals surface area contributed by atoms with Crippen LogP contribution in [-0.2, 0) is 4.79 Å². The molecule has 1 amide bonds. The van der Waals surface area contributed by atoms with E-state index in [9.17, 15) is 9.18 Å². The molecule has 28 heavy (non-hydrogen) atoms. The topological polar surface area (TPSA) is 33.5 Å². The second-order valence-electron chi connectivity index (χ2n) is 5.82. The van der Waals surface area contributed by atoms with Crippen LogP contribution in [0, 0.1) is 5.82 Å². The SMILES string of the molecule is O=C1/C(=C\c2ccc(-c3ccc(F)c(Cl)c3)o2)SC(=S)N1c1ccc(Cl)cc1. The summed E-state index contributed by atoms with van der Waals surface area (Å²) in [6, 6.07) is 14.7. The van der Waals surface area contributed by atoms with E-state index in [0.29, 0.717) is 37.0 Å². The summed E-state index contributed by atoms with van der Waals surface area (Å²) in [4.78, 5) is 14.7. The highest BCUT2D eigenvalue weighted by Crippen LogP contribution is 2.37. The number of carbonyl (C=O) groups is 1. The first-order valence-electron chi connectivity index (χ1n) is 8.01. The Hall–Kier alpha value is -2.12. The number of benzene rings is 2. The Morgan fingerprint density at radius 2 is 1.82 bits per heavy atom. The molecule has 0 unspecified atom stereocenters. The lowest BCUT2D eigenvalue weighted by atomic mass is 10.2. The predicted octanol–water partition coefficient (Wildman–Crippen LogP) is 6.80. The molecule has 0 N–H and O–H groups in total. The molecule has 0 aliphatic carbocycles. The number of nitrogens with zero attached hydrogens (tertiary/aromatic N) is 1. The molecule has 1 aliphatic rings. The third-order valence-corrected chi connectivity index (χ3v) is 5.83. The van der Waals surface area contributed by atoms with Gasteiger partial charge in [0, 0.05) is 16.7 Å². The third kappa shape index (κ3) is 3.73. The van der Waals surface area contributed by atoms with Crippen LogP contribution in [0.1, 0.15) is 5.76 Å². The van der Waals surface area contributed by atoms with Gasteiger partial charge in [0.2, 0.25) is 0 Å². The van der Waals surface area contributed by atoms with Crippen LogP contribution < -0.4 is 4.90 Å². The van der Waals surface area contributed by atoms with Gasteiger partial charge < -0.3 is 4.42 Å². The molecule has 8 heteroatoms. The molecule has 1 aromatic heterocycles. The molecule has 3 nitrogen and oxygen atoms in total. The quantitative estimate of drug-likeness (QED) is 0.325. The Bertz CT molecular complexity index is 1130. The van der Waals surface area contributed by atoms with Crippen molar-refractivity contribution in [2.45, 2.75) is 0 Å². The number of thioether (sulfide) groups is 1. The van der Waals surface area contributed by atoms with Crippen molar-refractivity contribution in [3.8, 4) is 11.3 Å². The van der Waals surface area contributed by atoms with Crippen molar-refractivity contribution < 1.29 is 13.6 Å². The summed E-state index contributed by atoms with van der Waals surface area (Å²) in [6.07, 6.45) is 1.63. The highest BCUT2D eigenvalue weighted by atomic mass is 35.5. The van der Waals surface area contributed by atoms with Gasteiger partial charge in [-0.2, -0.15) is 0 Å². The summed E-state index contributed by atoms with van der Waals surface area (Å²) >= 11 is 18.3. The van der Waals surface area contributed by atoms with Crippen LogP contribution in [0.4, 0.5) is 10.1 Å². The fraction of sp³-hybridized carbons (Fsp3) is 0. The van der Waals surface area contributed by atoms with Gasteiger partial charge in [-0.25, -0.2) is 4.39 Å². The van der Waals surface area contributed by atoms with Gasteiger partial charge in [0.1, 0.15) is 17.3 Å². The molecular weight excluding hydrogens is 440 g/mol. The van der Waals surface area contributed by atoms with Crippen LogP contribution in [0.25, 0.3) is 17.4 Å². The smallest absolute Gasteiger partial charge is 0.270 e. The first kappa shape index (κ1) is 19.2. The van der Waals surface area contributed by atoms with Gasteiger partial charge in [0.05, 0.1) is 15.6 Å². The predicted molar refractivity (Wildman–Crippen MR) is 116 cm³/mol. The van der Waals surface area contributed by atoms with Crippen LogP contribution >= 0.6 is 47.2 Å². The average Bonchev–Trinajstić information content (AvgIpc) is 3.24. The van der Waals surface area contributed by atoms with Gasteiger partial charge in [0.25, 0.3) is 5.91 Å². The highest BCUT2D eigenvalue weighted by molar-refractivity contribution is 8.27. The van der Waals surface area contributed by atoms with E-state index in [4.69, 9.17) is 39.8 Å². The van der Waals surface area contributed by atoms with Crippen LogP contribution in [0.2, 0.25) is 10.0 Å². The minimum atomic E-state index is -0.497. The number of halogens is 3.